The molecule has 0 aliphatic heterocycles. The van der Waals surface area contributed by atoms with Gasteiger partial charge in [-0.3, -0.25) is 9.78 Å². The highest BCUT2D eigenvalue weighted by Crippen LogP contribution is 2.35. The van der Waals surface area contributed by atoms with E-state index in [1.165, 1.54) is 18.0 Å². The molecule has 0 aromatic carbocycles. The van der Waals surface area contributed by atoms with E-state index in [9.17, 15) is 19.6 Å². The molecular weight excluding hydrogens is 478 g/mol. The van der Waals surface area contributed by atoms with Gasteiger partial charge in [0.2, 0.25) is 0 Å². The molecular formula is C26H35N5O6. The Labute approximate surface area is 217 Å². The zero-order chi connectivity index (χ0) is 28.3. The summed E-state index contributed by atoms with van der Waals surface area (Å²) in [6.07, 6.45) is -0.545. The summed E-state index contributed by atoms with van der Waals surface area (Å²) in [4.78, 5) is 43.5. The van der Waals surface area contributed by atoms with E-state index < -0.39 is 35.3 Å². The van der Waals surface area contributed by atoms with Gasteiger partial charge in [0.05, 0.1) is 18.7 Å². The third-order valence-electron chi connectivity index (χ3n) is 4.91. The van der Waals surface area contributed by atoms with E-state index in [4.69, 9.17) is 14.2 Å². The minimum atomic E-state index is -1.01. The molecule has 2 aromatic heterocycles. The van der Waals surface area contributed by atoms with E-state index in [1.807, 2.05) is 0 Å². The Morgan fingerprint density at radius 2 is 1.54 bits per heavy atom. The number of carbonyl (C=O) groups is 3. The number of nitriles is 1. The largest absolute Gasteiger partial charge is 0.469 e. The standard InChI is InChI=1S/C26H35N5O6/c1-15(2)31-21(30(23(33)36-25(4,5)6)24(34)37-26(7,8)9)18(13-27)20(29-31)17-11-12-19(28-14-17)16(3)22(32)35-10/h11-12,14-16H,1-10H3. The number of hydrogen-bond donors (Lipinski definition) is 0. The number of aromatic nitrogens is 3. The molecule has 0 fully saturated rings. The van der Waals surface area contributed by atoms with Crippen molar-refractivity contribution >= 4 is 24.0 Å². The number of anilines is 1. The van der Waals surface area contributed by atoms with Crippen LogP contribution >= 0.6 is 0 Å². The van der Waals surface area contributed by atoms with Gasteiger partial charge in [-0.2, -0.15) is 15.3 Å². The zero-order valence-electron chi connectivity index (χ0n) is 23.1. The van der Waals surface area contributed by atoms with Crippen molar-refractivity contribution in [2.75, 3.05) is 12.0 Å². The molecule has 0 saturated heterocycles. The van der Waals surface area contributed by atoms with E-state index in [0.29, 0.717) is 16.2 Å². The average Bonchev–Trinajstić information content (AvgIpc) is 3.15. The van der Waals surface area contributed by atoms with Crippen LogP contribution in [0.15, 0.2) is 18.3 Å². The molecule has 11 nitrogen and oxygen atoms in total. The second kappa shape index (κ2) is 11.0. The first-order chi connectivity index (χ1) is 17.0. The Morgan fingerprint density at radius 3 is 1.92 bits per heavy atom. The van der Waals surface area contributed by atoms with Gasteiger partial charge in [0.25, 0.3) is 0 Å². The fourth-order valence-electron chi connectivity index (χ4n) is 3.27. The Balaban J connectivity index is 2.73. The van der Waals surface area contributed by atoms with Gasteiger partial charge in [0.1, 0.15) is 28.5 Å². The Hall–Kier alpha value is -3.94. The summed E-state index contributed by atoms with van der Waals surface area (Å²) in [7, 11) is 1.30. The first kappa shape index (κ1) is 29.3. The van der Waals surface area contributed by atoms with Crippen molar-refractivity contribution in [3.8, 4) is 17.3 Å². The molecule has 1 unspecified atom stereocenters. The van der Waals surface area contributed by atoms with Crippen LogP contribution in [0, 0.1) is 11.3 Å². The molecule has 0 aliphatic carbocycles. The molecule has 0 bridgehead atoms. The summed E-state index contributed by atoms with van der Waals surface area (Å²) >= 11 is 0. The molecule has 2 rings (SSSR count). The monoisotopic (exact) mass is 513 g/mol. The molecule has 0 radical (unpaired) electrons. The normalized spacial score (nSPS) is 12.5. The topological polar surface area (TPSA) is 137 Å². The fraction of sp³-hybridized carbons (Fsp3) is 0.538. The Morgan fingerprint density at radius 1 is 1.00 bits per heavy atom. The van der Waals surface area contributed by atoms with Crippen LogP contribution in [0.4, 0.5) is 15.4 Å². The lowest BCUT2D eigenvalue weighted by Gasteiger charge is -2.29. The summed E-state index contributed by atoms with van der Waals surface area (Å²) in [5.41, 5.74) is -0.764. The van der Waals surface area contributed by atoms with Crippen LogP contribution in [0.5, 0.6) is 0 Å². The first-order valence-corrected chi connectivity index (χ1v) is 11.8. The van der Waals surface area contributed by atoms with Gasteiger partial charge in [-0.15, -0.1) is 0 Å². The van der Waals surface area contributed by atoms with Crippen molar-refractivity contribution in [1.82, 2.24) is 14.8 Å². The summed E-state index contributed by atoms with van der Waals surface area (Å²) in [5, 5.41) is 14.7. The highest BCUT2D eigenvalue weighted by molar-refractivity contribution is 6.10. The Kier molecular flexibility index (Phi) is 8.70. The number of pyridine rings is 1. The number of rotatable bonds is 5. The van der Waals surface area contributed by atoms with Crippen molar-refractivity contribution in [2.45, 2.75) is 85.5 Å². The summed E-state index contributed by atoms with van der Waals surface area (Å²) in [5.74, 6) is -1.11. The van der Waals surface area contributed by atoms with Crippen LogP contribution in [0.1, 0.15) is 85.5 Å². The third-order valence-corrected chi connectivity index (χ3v) is 4.91. The van der Waals surface area contributed by atoms with Crippen LogP contribution in [0.3, 0.4) is 0 Å². The lowest BCUT2D eigenvalue weighted by atomic mass is 10.0. The maximum atomic E-state index is 13.3. The van der Waals surface area contributed by atoms with Crippen molar-refractivity contribution < 1.29 is 28.6 Å². The van der Waals surface area contributed by atoms with Crippen LogP contribution in [-0.4, -0.2) is 51.2 Å². The lowest BCUT2D eigenvalue weighted by Crippen LogP contribution is -2.45. The third kappa shape index (κ3) is 7.06. The quantitative estimate of drug-likeness (QED) is 0.382. The molecule has 2 amide bonds. The molecule has 200 valence electrons. The summed E-state index contributed by atoms with van der Waals surface area (Å²) in [6, 6.07) is 5.01. The van der Waals surface area contributed by atoms with Crippen LogP contribution in [-0.2, 0) is 19.0 Å². The molecule has 0 aliphatic rings. The molecule has 2 heterocycles. The predicted molar refractivity (Wildman–Crippen MR) is 136 cm³/mol. The Bertz CT molecular complexity index is 1170. The number of methoxy groups -OCH3 is 1. The van der Waals surface area contributed by atoms with Gasteiger partial charge in [0, 0.05) is 17.8 Å². The maximum absolute atomic E-state index is 13.3. The van der Waals surface area contributed by atoms with Crippen LogP contribution in [0.25, 0.3) is 11.3 Å². The second-order valence-corrected chi connectivity index (χ2v) is 10.7. The molecule has 0 spiro atoms. The van der Waals surface area contributed by atoms with Crippen LogP contribution in [0.2, 0.25) is 0 Å². The number of imide groups is 1. The molecule has 0 saturated carbocycles. The number of carbonyl (C=O) groups excluding carboxylic acids is 3. The summed E-state index contributed by atoms with van der Waals surface area (Å²) in [6.45, 7) is 15.2. The first-order valence-electron chi connectivity index (χ1n) is 11.8. The molecule has 11 heteroatoms. The van der Waals surface area contributed by atoms with Gasteiger partial charge in [-0.25, -0.2) is 14.3 Å². The van der Waals surface area contributed by atoms with Crippen molar-refractivity contribution in [3.63, 3.8) is 0 Å². The zero-order valence-corrected chi connectivity index (χ0v) is 23.1. The van der Waals surface area contributed by atoms with Crippen molar-refractivity contribution in [3.05, 3.63) is 29.6 Å². The number of esters is 1. The average molecular weight is 514 g/mol. The van der Waals surface area contributed by atoms with Crippen molar-refractivity contribution in [1.29, 1.82) is 5.26 Å². The fourth-order valence-corrected chi connectivity index (χ4v) is 3.27. The lowest BCUT2D eigenvalue weighted by molar-refractivity contribution is -0.142. The van der Waals surface area contributed by atoms with Gasteiger partial charge in [0.15, 0.2) is 5.82 Å². The minimum Gasteiger partial charge on any atom is -0.469 e. The van der Waals surface area contributed by atoms with Crippen molar-refractivity contribution in [2.24, 2.45) is 0 Å². The SMILES string of the molecule is COC(=O)C(C)c1ccc(-c2nn(C(C)C)c(N(C(=O)OC(C)(C)C)C(=O)OC(C)(C)C)c2C#N)cn1. The van der Waals surface area contributed by atoms with Gasteiger partial charge in [-0.1, -0.05) is 0 Å². The molecule has 1 atom stereocenters. The smallest absolute Gasteiger partial charge is 0.425 e. The van der Waals surface area contributed by atoms with E-state index in [1.54, 1.807) is 74.4 Å². The highest BCUT2D eigenvalue weighted by atomic mass is 16.6. The van der Waals surface area contributed by atoms with E-state index in [0.717, 1.165) is 0 Å². The molecule has 0 N–H and O–H groups in total. The number of ether oxygens (including phenoxy) is 3. The van der Waals surface area contributed by atoms with Gasteiger partial charge >= 0.3 is 18.2 Å². The number of hydrogen-bond acceptors (Lipinski definition) is 9. The van der Waals surface area contributed by atoms with Gasteiger partial charge < -0.3 is 14.2 Å². The summed E-state index contributed by atoms with van der Waals surface area (Å²) < 4.78 is 17.2. The minimum absolute atomic E-state index is 0.0408. The van der Waals surface area contributed by atoms with Gasteiger partial charge in [-0.05, 0) is 74.4 Å². The van der Waals surface area contributed by atoms with E-state index >= 15 is 0 Å². The second-order valence-electron chi connectivity index (χ2n) is 10.7. The van der Waals surface area contributed by atoms with E-state index in [2.05, 4.69) is 16.2 Å². The van der Waals surface area contributed by atoms with Crippen LogP contribution < -0.4 is 4.90 Å². The highest BCUT2D eigenvalue weighted by Gasteiger charge is 2.38. The number of nitrogens with zero attached hydrogens (tertiary/aromatic N) is 5. The molecule has 2 aromatic rings. The predicted octanol–water partition coefficient (Wildman–Crippen LogP) is 5.35. The maximum Gasteiger partial charge on any atom is 0.425 e. The molecule has 37 heavy (non-hydrogen) atoms. The number of amides is 2. The van der Waals surface area contributed by atoms with E-state index in [-0.39, 0.29) is 23.1 Å².